The lowest BCUT2D eigenvalue weighted by atomic mass is 9.81. The molecule has 2 nitrogen and oxygen atoms in total. The molecule has 2 aliphatic rings. The summed E-state index contributed by atoms with van der Waals surface area (Å²) in [6.45, 7) is 0. The summed E-state index contributed by atoms with van der Waals surface area (Å²) in [6.07, 6.45) is 4.93. The molecule has 1 saturated carbocycles. The van der Waals surface area contributed by atoms with Crippen LogP contribution in [0.25, 0.3) is 0 Å². The van der Waals surface area contributed by atoms with Gasteiger partial charge in [0, 0.05) is 11.5 Å². The van der Waals surface area contributed by atoms with E-state index in [9.17, 15) is 0 Å². The maximum atomic E-state index is 5.38. The number of nitrogens with zero attached hydrogens (tertiary/aromatic N) is 1. The Hall–Kier alpha value is -1.31. The maximum absolute atomic E-state index is 5.38. The molecule has 14 heavy (non-hydrogen) atoms. The SMILES string of the molecule is c1ccc2c(c1)ON=C1CCCCC12. The Balaban J connectivity index is 2.05. The zero-order valence-corrected chi connectivity index (χ0v) is 8.07. The summed E-state index contributed by atoms with van der Waals surface area (Å²) in [5.41, 5.74) is 2.58. The minimum absolute atomic E-state index is 0.536. The fourth-order valence-corrected chi connectivity index (χ4v) is 2.40. The van der Waals surface area contributed by atoms with E-state index < -0.39 is 0 Å². The van der Waals surface area contributed by atoms with E-state index in [1.54, 1.807) is 0 Å². The number of hydrogen-bond acceptors (Lipinski definition) is 2. The topological polar surface area (TPSA) is 21.6 Å². The van der Waals surface area contributed by atoms with Crippen LogP contribution < -0.4 is 4.84 Å². The first-order valence-corrected chi connectivity index (χ1v) is 5.28. The maximum Gasteiger partial charge on any atom is 0.161 e. The fraction of sp³-hybridized carbons (Fsp3) is 0.417. The van der Waals surface area contributed by atoms with Gasteiger partial charge in [0.05, 0.1) is 5.71 Å². The van der Waals surface area contributed by atoms with Gasteiger partial charge < -0.3 is 4.84 Å². The molecule has 1 unspecified atom stereocenters. The number of oxime groups is 1. The van der Waals surface area contributed by atoms with Crippen molar-refractivity contribution in [3.05, 3.63) is 29.8 Å². The van der Waals surface area contributed by atoms with Crippen LogP contribution in [0.2, 0.25) is 0 Å². The van der Waals surface area contributed by atoms with Gasteiger partial charge in [-0.3, -0.25) is 0 Å². The van der Waals surface area contributed by atoms with Crippen LogP contribution in [0.5, 0.6) is 5.75 Å². The Morgan fingerprint density at radius 1 is 1.21 bits per heavy atom. The van der Waals surface area contributed by atoms with Crippen LogP contribution in [0.1, 0.15) is 37.2 Å². The zero-order chi connectivity index (χ0) is 9.38. The van der Waals surface area contributed by atoms with Gasteiger partial charge in [0.15, 0.2) is 5.75 Å². The molecule has 0 saturated heterocycles. The van der Waals surface area contributed by atoms with Gasteiger partial charge in [0.25, 0.3) is 0 Å². The first-order chi connectivity index (χ1) is 6.95. The third-order valence-electron chi connectivity index (χ3n) is 3.13. The summed E-state index contributed by atoms with van der Waals surface area (Å²) in [4.78, 5) is 5.38. The third-order valence-corrected chi connectivity index (χ3v) is 3.13. The second-order valence-corrected chi connectivity index (χ2v) is 4.01. The van der Waals surface area contributed by atoms with Crippen molar-refractivity contribution in [3.63, 3.8) is 0 Å². The van der Waals surface area contributed by atoms with Gasteiger partial charge in [-0.05, 0) is 25.3 Å². The molecule has 1 aromatic carbocycles. The number of fused-ring (bicyclic) bond motifs is 3. The molecular weight excluding hydrogens is 174 g/mol. The number of para-hydroxylation sites is 1. The van der Waals surface area contributed by atoms with E-state index in [0.717, 1.165) is 12.2 Å². The number of benzene rings is 1. The number of hydrogen-bond donors (Lipinski definition) is 0. The molecule has 2 heteroatoms. The highest BCUT2D eigenvalue weighted by atomic mass is 16.6. The minimum Gasteiger partial charge on any atom is -0.357 e. The molecule has 1 heterocycles. The summed E-state index contributed by atoms with van der Waals surface area (Å²) in [7, 11) is 0. The molecule has 0 N–H and O–H groups in total. The lowest BCUT2D eigenvalue weighted by molar-refractivity contribution is 0.317. The van der Waals surface area contributed by atoms with Crippen LogP contribution in [0.4, 0.5) is 0 Å². The van der Waals surface area contributed by atoms with E-state index in [2.05, 4.69) is 17.3 Å². The van der Waals surface area contributed by atoms with E-state index in [1.807, 2.05) is 12.1 Å². The third kappa shape index (κ3) is 1.14. The predicted octanol–water partition coefficient (Wildman–Crippen LogP) is 3.09. The standard InChI is InChI=1S/C12H13NO/c1-3-7-11-9(5-1)10-6-2-4-8-12(10)14-13-11/h2,4,6,8-9H,1,3,5,7H2. The summed E-state index contributed by atoms with van der Waals surface area (Å²) in [6, 6.07) is 8.26. The lowest BCUT2D eigenvalue weighted by Gasteiger charge is -2.28. The quantitative estimate of drug-likeness (QED) is 0.611. The second kappa shape index (κ2) is 3.12. The molecule has 0 aromatic heterocycles. The molecule has 1 aromatic rings. The lowest BCUT2D eigenvalue weighted by Crippen LogP contribution is -2.22. The summed E-state index contributed by atoms with van der Waals surface area (Å²) in [5.74, 6) is 1.48. The van der Waals surface area contributed by atoms with Crippen LogP contribution >= 0.6 is 0 Å². The Labute approximate surface area is 83.6 Å². The van der Waals surface area contributed by atoms with E-state index >= 15 is 0 Å². The van der Waals surface area contributed by atoms with Gasteiger partial charge in [-0.15, -0.1) is 0 Å². The van der Waals surface area contributed by atoms with E-state index in [-0.39, 0.29) is 0 Å². The molecule has 72 valence electrons. The zero-order valence-electron chi connectivity index (χ0n) is 8.07. The highest BCUT2D eigenvalue weighted by Gasteiger charge is 2.28. The second-order valence-electron chi connectivity index (χ2n) is 4.01. The fourth-order valence-electron chi connectivity index (χ4n) is 2.40. The Kier molecular flexibility index (Phi) is 1.79. The van der Waals surface area contributed by atoms with Crippen LogP contribution in [0.3, 0.4) is 0 Å². The van der Waals surface area contributed by atoms with Crippen molar-refractivity contribution < 1.29 is 4.84 Å². The Morgan fingerprint density at radius 2 is 2.14 bits per heavy atom. The van der Waals surface area contributed by atoms with Gasteiger partial charge in [0.1, 0.15) is 0 Å². The molecule has 1 aliphatic heterocycles. The van der Waals surface area contributed by atoms with E-state index in [1.165, 1.54) is 30.5 Å². The van der Waals surface area contributed by atoms with Crippen molar-refractivity contribution in [3.8, 4) is 5.75 Å². The molecule has 1 aliphatic carbocycles. The van der Waals surface area contributed by atoms with Gasteiger partial charge in [-0.2, -0.15) is 0 Å². The molecular formula is C12H13NO. The molecule has 0 radical (unpaired) electrons. The van der Waals surface area contributed by atoms with Crippen LogP contribution in [-0.4, -0.2) is 5.71 Å². The van der Waals surface area contributed by atoms with Crippen molar-refractivity contribution in [1.82, 2.24) is 0 Å². The van der Waals surface area contributed by atoms with E-state index in [4.69, 9.17) is 4.84 Å². The van der Waals surface area contributed by atoms with Crippen LogP contribution in [-0.2, 0) is 0 Å². The Morgan fingerprint density at radius 3 is 3.14 bits per heavy atom. The average Bonchev–Trinajstić information content (AvgIpc) is 2.29. The predicted molar refractivity (Wildman–Crippen MR) is 55.7 cm³/mol. The van der Waals surface area contributed by atoms with Gasteiger partial charge >= 0.3 is 0 Å². The van der Waals surface area contributed by atoms with Crippen molar-refractivity contribution in [2.75, 3.05) is 0 Å². The molecule has 1 atom stereocenters. The summed E-state index contributed by atoms with van der Waals surface area (Å²) >= 11 is 0. The molecule has 0 spiro atoms. The summed E-state index contributed by atoms with van der Waals surface area (Å²) < 4.78 is 0. The molecule has 1 fully saturated rings. The van der Waals surface area contributed by atoms with Crippen LogP contribution in [0, 0.1) is 0 Å². The highest BCUT2D eigenvalue weighted by Crippen LogP contribution is 2.38. The van der Waals surface area contributed by atoms with Gasteiger partial charge in [0.2, 0.25) is 0 Å². The smallest absolute Gasteiger partial charge is 0.161 e. The molecule has 3 rings (SSSR count). The number of rotatable bonds is 0. The van der Waals surface area contributed by atoms with E-state index in [0.29, 0.717) is 5.92 Å². The average molecular weight is 187 g/mol. The molecule has 0 bridgehead atoms. The van der Waals surface area contributed by atoms with Crippen molar-refractivity contribution >= 4 is 5.71 Å². The van der Waals surface area contributed by atoms with Crippen molar-refractivity contribution in [2.45, 2.75) is 31.6 Å². The van der Waals surface area contributed by atoms with Crippen molar-refractivity contribution in [1.29, 1.82) is 0 Å². The Bertz CT molecular complexity index is 384. The summed E-state index contributed by atoms with van der Waals surface area (Å²) in [5, 5.41) is 4.21. The first kappa shape index (κ1) is 8.04. The largest absolute Gasteiger partial charge is 0.357 e. The highest BCUT2D eigenvalue weighted by molar-refractivity contribution is 5.92. The van der Waals surface area contributed by atoms with Gasteiger partial charge in [-0.25, -0.2) is 0 Å². The first-order valence-electron chi connectivity index (χ1n) is 5.28. The van der Waals surface area contributed by atoms with Crippen molar-refractivity contribution in [2.24, 2.45) is 5.16 Å². The molecule has 0 amide bonds. The normalized spacial score (nSPS) is 24.3. The minimum atomic E-state index is 0.536. The van der Waals surface area contributed by atoms with Crippen LogP contribution in [0.15, 0.2) is 29.4 Å². The van der Waals surface area contributed by atoms with Gasteiger partial charge in [-0.1, -0.05) is 29.8 Å². The monoisotopic (exact) mass is 187 g/mol.